The molecule has 0 radical (unpaired) electrons. The lowest BCUT2D eigenvalue weighted by Crippen LogP contribution is -2.38. The maximum Gasteiger partial charge on any atom is 0.248 e. The van der Waals surface area contributed by atoms with Crippen molar-refractivity contribution in [3.63, 3.8) is 0 Å². The summed E-state index contributed by atoms with van der Waals surface area (Å²) in [5.41, 5.74) is 3.95. The highest BCUT2D eigenvalue weighted by atomic mass is 16.6. The monoisotopic (exact) mass is 440 g/mol. The Hall–Kier alpha value is -4.00. The van der Waals surface area contributed by atoms with E-state index >= 15 is 0 Å². The van der Waals surface area contributed by atoms with Crippen molar-refractivity contribution in [2.24, 2.45) is 5.10 Å². The molecule has 166 valence electrons. The summed E-state index contributed by atoms with van der Waals surface area (Å²) in [5.74, 6) is -0.819. The number of anilines is 1. The van der Waals surface area contributed by atoms with Crippen LogP contribution in [0.4, 0.5) is 5.69 Å². The zero-order valence-corrected chi connectivity index (χ0v) is 18.4. The minimum absolute atomic E-state index is 0.164. The third-order valence-electron chi connectivity index (χ3n) is 6.61. The van der Waals surface area contributed by atoms with E-state index in [0.717, 1.165) is 22.4 Å². The van der Waals surface area contributed by atoms with Gasteiger partial charge in [-0.2, -0.15) is 5.10 Å². The third kappa shape index (κ3) is 3.46. The number of hydrazone groups is 1. The van der Waals surface area contributed by atoms with Crippen molar-refractivity contribution in [1.82, 2.24) is 5.01 Å². The van der Waals surface area contributed by atoms with Crippen LogP contribution in [0.15, 0.2) is 84.0 Å². The predicted molar refractivity (Wildman–Crippen MR) is 127 cm³/mol. The van der Waals surface area contributed by atoms with Crippen LogP contribution in [0.1, 0.15) is 39.0 Å². The number of carbonyl (C=O) groups is 1. The smallest absolute Gasteiger partial charge is 0.248 e. The van der Waals surface area contributed by atoms with Gasteiger partial charge in [-0.15, -0.1) is 0 Å². The second-order valence-electron chi connectivity index (χ2n) is 8.66. The number of fused-ring (bicyclic) bond motifs is 3. The van der Waals surface area contributed by atoms with Crippen molar-refractivity contribution in [3.05, 3.63) is 111 Å². The minimum Gasteiger partial charge on any atom is -0.378 e. The standard InChI is InChI=1S/C26H24N4O3/c1-28(2)20-14-12-17(13-15-20)22-24(30(32)33)23-21-11-7-6-10-19(21)16-27-29(23)25(22)26(31)18-8-4-3-5-9-18/h3-16,22-25H,1-2H3/t22-,23+,24-,25+/m0/s1. The molecular formula is C26H24N4O3. The number of Topliss-reactive ketones (excluding diaryl/α,β-unsaturated/α-hetero) is 1. The molecule has 2 aliphatic rings. The van der Waals surface area contributed by atoms with Crippen molar-refractivity contribution >= 4 is 17.7 Å². The molecule has 0 unspecified atom stereocenters. The zero-order chi connectivity index (χ0) is 23.1. The van der Waals surface area contributed by atoms with E-state index in [1.165, 1.54) is 0 Å². The second kappa shape index (κ2) is 8.16. The fourth-order valence-corrected chi connectivity index (χ4v) is 5.05. The number of hydrogen-bond donors (Lipinski definition) is 0. The van der Waals surface area contributed by atoms with Crippen molar-refractivity contribution in [2.45, 2.75) is 24.0 Å². The van der Waals surface area contributed by atoms with E-state index < -0.39 is 24.0 Å². The number of ketones is 1. The highest BCUT2D eigenvalue weighted by Gasteiger charge is 2.60. The Morgan fingerprint density at radius 1 is 0.970 bits per heavy atom. The van der Waals surface area contributed by atoms with Gasteiger partial charge in [0.15, 0.2) is 5.78 Å². The van der Waals surface area contributed by atoms with E-state index in [1.54, 1.807) is 35.5 Å². The summed E-state index contributed by atoms with van der Waals surface area (Å²) in [6.07, 6.45) is 1.70. The normalized spacial score (nSPS) is 23.0. The van der Waals surface area contributed by atoms with E-state index in [9.17, 15) is 14.9 Å². The first-order valence-corrected chi connectivity index (χ1v) is 10.9. The second-order valence-corrected chi connectivity index (χ2v) is 8.66. The highest BCUT2D eigenvalue weighted by molar-refractivity contribution is 6.01. The first-order chi connectivity index (χ1) is 16.0. The number of nitrogens with zero attached hydrogens (tertiary/aromatic N) is 4. The summed E-state index contributed by atoms with van der Waals surface area (Å²) in [6.45, 7) is 0. The van der Waals surface area contributed by atoms with Crippen LogP contribution in [0.5, 0.6) is 0 Å². The summed E-state index contributed by atoms with van der Waals surface area (Å²) in [6, 6.07) is 21.8. The largest absolute Gasteiger partial charge is 0.378 e. The molecule has 33 heavy (non-hydrogen) atoms. The number of nitro groups is 1. The van der Waals surface area contributed by atoms with Crippen LogP contribution in [0.3, 0.4) is 0 Å². The van der Waals surface area contributed by atoms with Crippen molar-refractivity contribution in [1.29, 1.82) is 0 Å². The highest BCUT2D eigenvalue weighted by Crippen LogP contribution is 2.49. The van der Waals surface area contributed by atoms with Crippen molar-refractivity contribution in [2.75, 3.05) is 19.0 Å². The molecule has 2 heterocycles. The summed E-state index contributed by atoms with van der Waals surface area (Å²) < 4.78 is 0. The Morgan fingerprint density at radius 2 is 1.64 bits per heavy atom. The van der Waals surface area contributed by atoms with Gasteiger partial charge < -0.3 is 4.90 Å². The molecule has 0 aromatic heterocycles. The SMILES string of the molecule is CN(C)c1ccc([C@H]2[C@H]([N+](=O)[O-])[C@H]3c4ccccc4C=NN3[C@H]2C(=O)c2ccccc2)cc1. The summed E-state index contributed by atoms with van der Waals surface area (Å²) in [4.78, 5) is 28.1. The molecule has 0 aliphatic carbocycles. The lowest BCUT2D eigenvalue weighted by atomic mass is 9.82. The van der Waals surface area contributed by atoms with Crippen LogP contribution >= 0.6 is 0 Å². The van der Waals surface area contributed by atoms with E-state index in [4.69, 9.17) is 0 Å². The maximum absolute atomic E-state index is 13.8. The molecule has 7 nitrogen and oxygen atoms in total. The molecular weight excluding hydrogens is 416 g/mol. The van der Waals surface area contributed by atoms with Crippen LogP contribution < -0.4 is 4.90 Å². The lowest BCUT2D eigenvalue weighted by Gasteiger charge is -2.30. The van der Waals surface area contributed by atoms with Gasteiger partial charge in [-0.05, 0) is 23.3 Å². The number of carbonyl (C=O) groups excluding carboxylic acids is 1. The first kappa shape index (κ1) is 20.9. The number of benzene rings is 3. The van der Waals surface area contributed by atoms with Gasteiger partial charge in [0.05, 0.1) is 12.1 Å². The molecule has 0 N–H and O–H groups in total. The Morgan fingerprint density at radius 3 is 2.30 bits per heavy atom. The van der Waals surface area contributed by atoms with Gasteiger partial charge in [-0.1, -0.05) is 66.7 Å². The van der Waals surface area contributed by atoms with Crippen molar-refractivity contribution < 1.29 is 9.72 Å². The molecule has 3 aromatic rings. The Balaban J connectivity index is 1.68. The van der Waals surface area contributed by atoms with Gasteiger partial charge in [-0.3, -0.25) is 19.9 Å². The molecule has 7 heteroatoms. The lowest BCUT2D eigenvalue weighted by molar-refractivity contribution is -0.529. The molecule has 0 spiro atoms. The van der Waals surface area contributed by atoms with Crippen LogP contribution in [0.25, 0.3) is 0 Å². The van der Waals surface area contributed by atoms with E-state index in [1.807, 2.05) is 73.6 Å². The van der Waals surface area contributed by atoms with Crippen LogP contribution in [-0.2, 0) is 0 Å². The predicted octanol–water partition coefficient (Wildman–Crippen LogP) is 4.14. The molecule has 0 bridgehead atoms. The molecule has 1 saturated heterocycles. The van der Waals surface area contributed by atoms with Crippen molar-refractivity contribution in [3.8, 4) is 0 Å². The summed E-state index contributed by atoms with van der Waals surface area (Å²) >= 11 is 0. The van der Waals surface area contributed by atoms with Gasteiger partial charge in [-0.25, -0.2) is 0 Å². The van der Waals surface area contributed by atoms with E-state index in [-0.39, 0.29) is 10.7 Å². The zero-order valence-electron chi connectivity index (χ0n) is 18.4. The van der Waals surface area contributed by atoms with E-state index in [0.29, 0.717) is 5.56 Å². The van der Waals surface area contributed by atoms with E-state index in [2.05, 4.69) is 5.10 Å². The summed E-state index contributed by atoms with van der Waals surface area (Å²) in [5, 5.41) is 18.8. The fourth-order valence-electron chi connectivity index (χ4n) is 5.05. The summed E-state index contributed by atoms with van der Waals surface area (Å²) in [7, 11) is 3.89. The molecule has 0 saturated carbocycles. The number of rotatable bonds is 5. The average molecular weight is 441 g/mol. The third-order valence-corrected chi connectivity index (χ3v) is 6.61. The fraction of sp³-hybridized carbons (Fsp3) is 0.231. The molecule has 5 rings (SSSR count). The Kier molecular flexibility index (Phi) is 5.17. The molecule has 0 amide bonds. The quantitative estimate of drug-likeness (QED) is 0.339. The Labute approximate surface area is 192 Å². The minimum atomic E-state index is -1.02. The van der Waals surface area contributed by atoms with Gasteiger partial charge in [0, 0.05) is 35.8 Å². The average Bonchev–Trinajstić information content (AvgIpc) is 3.20. The van der Waals surface area contributed by atoms with Gasteiger partial charge >= 0.3 is 0 Å². The van der Waals surface area contributed by atoms with Gasteiger partial charge in [0.2, 0.25) is 6.04 Å². The molecule has 3 aromatic carbocycles. The van der Waals surface area contributed by atoms with Gasteiger partial charge in [0.25, 0.3) is 0 Å². The first-order valence-electron chi connectivity index (χ1n) is 10.9. The molecule has 4 atom stereocenters. The van der Waals surface area contributed by atoms with Crippen LogP contribution in [0.2, 0.25) is 0 Å². The molecule has 1 fully saturated rings. The number of hydrogen-bond acceptors (Lipinski definition) is 6. The topological polar surface area (TPSA) is 79.0 Å². The van der Waals surface area contributed by atoms with Crippen LogP contribution in [-0.4, -0.2) is 48.1 Å². The molecule has 2 aliphatic heterocycles. The van der Waals surface area contributed by atoms with Gasteiger partial charge in [0.1, 0.15) is 12.1 Å². The maximum atomic E-state index is 13.8. The Bertz CT molecular complexity index is 1220. The van der Waals surface area contributed by atoms with Crippen LogP contribution in [0, 0.1) is 10.1 Å².